The van der Waals surface area contributed by atoms with Gasteiger partial charge in [0.25, 0.3) is 0 Å². The molecule has 2 rings (SSSR count). The van der Waals surface area contributed by atoms with E-state index in [1.165, 1.54) is 6.07 Å². The van der Waals surface area contributed by atoms with Crippen molar-refractivity contribution in [3.8, 4) is 17.6 Å². The summed E-state index contributed by atoms with van der Waals surface area (Å²) >= 11 is 0. The molecule has 0 atom stereocenters. The molecule has 0 unspecified atom stereocenters. The Bertz CT molecular complexity index is 657. The van der Waals surface area contributed by atoms with E-state index in [0.717, 1.165) is 24.3 Å². The van der Waals surface area contributed by atoms with Crippen molar-refractivity contribution in [2.75, 3.05) is 5.73 Å². The smallest absolute Gasteiger partial charge is 0.198 e. The Morgan fingerprint density at radius 2 is 1.68 bits per heavy atom. The van der Waals surface area contributed by atoms with E-state index in [4.69, 9.17) is 15.7 Å². The number of rotatable bonds is 2. The lowest BCUT2D eigenvalue weighted by Gasteiger charge is -2.10. The van der Waals surface area contributed by atoms with Crippen LogP contribution in [0.4, 0.5) is 18.9 Å². The van der Waals surface area contributed by atoms with Gasteiger partial charge in [0.15, 0.2) is 23.1 Å². The number of halogens is 3. The quantitative estimate of drug-likeness (QED) is 0.846. The minimum Gasteiger partial charge on any atom is -0.449 e. The molecular weight excluding hydrogens is 257 g/mol. The molecule has 2 aromatic rings. The summed E-state index contributed by atoms with van der Waals surface area (Å²) in [7, 11) is 0. The molecule has 0 aromatic heterocycles. The van der Waals surface area contributed by atoms with Gasteiger partial charge < -0.3 is 10.5 Å². The number of hydrogen-bond acceptors (Lipinski definition) is 3. The van der Waals surface area contributed by atoms with Gasteiger partial charge in [0.05, 0.1) is 17.3 Å². The number of benzene rings is 2. The molecule has 2 N–H and O–H groups in total. The summed E-state index contributed by atoms with van der Waals surface area (Å²) < 4.78 is 45.1. The Labute approximate surface area is 106 Å². The summed E-state index contributed by atoms with van der Waals surface area (Å²) in [6.45, 7) is 0. The van der Waals surface area contributed by atoms with E-state index >= 15 is 0 Å². The van der Waals surface area contributed by atoms with Crippen molar-refractivity contribution in [1.29, 1.82) is 5.26 Å². The van der Waals surface area contributed by atoms with Gasteiger partial charge in [-0.3, -0.25) is 0 Å². The third-order valence-electron chi connectivity index (χ3n) is 2.32. The van der Waals surface area contributed by atoms with Gasteiger partial charge in [0.1, 0.15) is 5.82 Å². The van der Waals surface area contributed by atoms with Crippen molar-refractivity contribution in [3.63, 3.8) is 0 Å². The summed E-state index contributed by atoms with van der Waals surface area (Å²) in [5.41, 5.74) is 5.35. The van der Waals surface area contributed by atoms with E-state index < -0.39 is 23.2 Å². The minimum atomic E-state index is -1.07. The van der Waals surface area contributed by atoms with Crippen LogP contribution in [0.25, 0.3) is 0 Å². The molecule has 0 amide bonds. The summed E-state index contributed by atoms with van der Waals surface area (Å²) in [5.74, 6) is -3.74. The zero-order valence-corrected chi connectivity index (χ0v) is 9.45. The van der Waals surface area contributed by atoms with Crippen molar-refractivity contribution in [2.45, 2.75) is 0 Å². The molecule has 0 radical (unpaired) electrons. The van der Waals surface area contributed by atoms with Crippen molar-refractivity contribution >= 4 is 5.69 Å². The molecule has 2 aromatic carbocycles. The van der Waals surface area contributed by atoms with Crippen LogP contribution in [0.15, 0.2) is 30.3 Å². The molecule has 0 saturated heterocycles. The van der Waals surface area contributed by atoms with Gasteiger partial charge in [-0.2, -0.15) is 5.26 Å². The van der Waals surface area contributed by atoms with Gasteiger partial charge in [-0.1, -0.05) is 0 Å². The molecule has 3 nitrogen and oxygen atoms in total. The molecule has 0 fully saturated rings. The SMILES string of the molecule is N#Cc1cc(F)c(Oc2cc(F)ccc2N)c(F)c1. The topological polar surface area (TPSA) is 59.0 Å². The molecule has 6 heteroatoms. The third-order valence-corrected chi connectivity index (χ3v) is 2.32. The summed E-state index contributed by atoms with van der Waals surface area (Å²) in [4.78, 5) is 0. The highest BCUT2D eigenvalue weighted by Crippen LogP contribution is 2.32. The number of ether oxygens (including phenoxy) is 1. The van der Waals surface area contributed by atoms with Crippen LogP contribution in [-0.4, -0.2) is 0 Å². The van der Waals surface area contributed by atoms with E-state index in [1.54, 1.807) is 6.07 Å². The van der Waals surface area contributed by atoms with Gasteiger partial charge in [-0.15, -0.1) is 0 Å². The van der Waals surface area contributed by atoms with Crippen LogP contribution in [0.1, 0.15) is 5.56 Å². The second-order valence-electron chi connectivity index (χ2n) is 3.67. The highest BCUT2D eigenvalue weighted by atomic mass is 19.1. The fourth-order valence-electron chi connectivity index (χ4n) is 1.43. The highest BCUT2D eigenvalue weighted by molar-refractivity contribution is 5.54. The molecule has 0 aliphatic carbocycles. The number of nitrogens with two attached hydrogens (primary N) is 1. The molecule has 0 aliphatic rings. The van der Waals surface area contributed by atoms with Crippen molar-refractivity contribution in [1.82, 2.24) is 0 Å². The summed E-state index contributed by atoms with van der Waals surface area (Å²) in [6.07, 6.45) is 0. The number of nitriles is 1. The van der Waals surface area contributed by atoms with E-state index in [9.17, 15) is 13.2 Å². The maximum absolute atomic E-state index is 13.6. The van der Waals surface area contributed by atoms with E-state index in [-0.39, 0.29) is 17.0 Å². The first-order chi connectivity index (χ1) is 9.01. The Hall–Kier alpha value is -2.68. The lowest BCUT2D eigenvalue weighted by atomic mass is 10.2. The Morgan fingerprint density at radius 1 is 1.05 bits per heavy atom. The van der Waals surface area contributed by atoms with Crippen molar-refractivity contribution in [3.05, 3.63) is 53.3 Å². The molecule has 0 heterocycles. The second kappa shape index (κ2) is 4.90. The van der Waals surface area contributed by atoms with Crippen LogP contribution in [0.2, 0.25) is 0 Å². The number of anilines is 1. The normalized spacial score (nSPS) is 10.0. The van der Waals surface area contributed by atoms with Crippen LogP contribution in [0.3, 0.4) is 0 Å². The van der Waals surface area contributed by atoms with Crippen LogP contribution < -0.4 is 10.5 Å². The maximum atomic E-state index is 13.6. The van der Waals surface area contributed by atoms with E-state index in [2.05, 4.69) is 0 Å². The monoisotopic (exact) mass is 264 g/mol. The van der Waals surface area contributed by atoms with Gasteiger partial charge in [-0.05, 0) is 24.3 Å². The number of nitrogen functional groups attached to an aromatic ring is 1. The lowest BCUT2D eigenvalue weighted by molar-refractivity contribution is 0.406. The lowest BCUT2D eigenvalue weighted by Crippen LogP contribution is -1.97. The molecular formula is C13H7F3N2O. The summed E-state index contributed by atoms with van der Waals surface area (Å²) in [5, 5.41) is 8.55. The fourth-order valence-corrected chi connectivity index (χ4v) is 1.43. The predicted octanol–water partition coefficient (Wildman–Crippen LogP) is 3.35. The number of hydrogen-bond donors (Lipinski definition) is 1. The van der Waals surface area contributed by atoms with Gasteiger partial charge in [-0.25, -0.2) is 13.2 Å². The van der Waals surface area contributed by atoms with Gasteiger partial charge in [0.2, 0.25) is 0 Å². The maximum Gasteiger partial charge on any atom is 0.198 e. The zero-order valence-electron chi connectivity index (χ0n) is 9.45. The average Bonchev–Trinajstić information content (AvgIpc) is 2.37. The largest absolute Gasteiger partial charge is 0.449 e. The molecule has 96 valence electrons. The molecule has 0 bridgehead atoms. The van der Waals surface area contributed by atoms with Crippen LogP contribution in [0.5, 0.6) is 11.5 Å². The Morgan fingerprint density at radius 3 is 2.26 bits per heavy atom. The molecule has 19 heavy (non-hydrogen) atoms. The van der Waals surface area contributed by atoms with Gasteiger partial charge in [0, 0.05) is 6.07 Å². The highest BCUT2D eigenvalue weighted by Gasteiger charge is 2.15. The second-order valence-corrected chi connectivity index (χ2v) is 3.67. The van der Waals surface area contributed by atoms with Crippen LogP contribution in [-0.2, 0) is 0 Å². The van der Waals surface area contributed by atoms with Gasteiger partial charge >= 0.3 is 0 Å². The van der Waals surface area contributed by atoms with Crippen LogP contribution in [0, 0.1) is 28.8 Å². The first-order valence-electron chi connectivity index (χ1n) is 5.13. The first kappa shape index (κ1) is 12.8. The van der Waals surface area contributed by atoms with Crippen molar-refractivity contribution < 1.29 is 17.9 Å². The van der Waals surface area contributed by atoms with E-state index in [0.29, 0.717) is 0 Å². The average molecular weight is 264 g/mol. The summed E-state index contributed by atoms with van der Waals surface area (Å²) in [6, 6.07) is 6.44. The molecule has 0 spiro atoms. The minimum absolute atomic E-state index is 0.0320. The third kappa shape index (κ3) is 2.60. The zero-order chi connectivity index (χ0) is 14.0. The van der Waals surface area contributed by atoms with E-state index in [1.807, 2.05) is 0 Å². The van der Waals surface area contributed by atoms with Crippen molar-refractivity contribution in [2.24, 2.45) is 0 Å². The predicted molar refractivity (Wildman–Crippen MR) is 62.0 cm³/mol. The molecule has 0 aliphatic heterocycles. The Kier molecular flexibility index (Phi) is 3.29. The molecule has 0 saturated carbocycles. The standard InChI is InChI=1S/C13H7F3N2O/c14-8-1-2-11(18)12(5-8)19-13-9(15)3-7(6-17)4-10(13)16/h1-5H,18H2. The number of nitrogens with zero attached hydrogens (tertiary/aromatic N) is 1. The van der Waals surface area contributed by atoms with Crippen LogP contribution >= 0.6 is 0 Å². The Balaban J connectivity index is 2.44. The first-order valence-corrected chi connectivity index (χ1v) is 5.13. The fraction of sp³-hybridized carbons (Fsp3) is 0.